The number of hydrogen-bond donors (Lipinski definition) is 1. The van der Waals surface area contributed by atoms with Gasteiger partial charge in [0.1, 0.15) is 11.3 Å². The molecule has 2 fully saturated rings. The van der Waals surface area contributed by atoms with Crippen molar-refractivity contribution in [2.75, 3.05) is 47.1 Å². The minimum atomic E-state index is -0.816. The zero-order valence-corrected chi connectivity index (χ0v) is 18.2. The van der Waals surface area contributed by atoms with E-state index >= 15 is 0 Å². The van der Waals surface area contributed by atoms with Crippen LogP contribution in [0.5, 0.6) is 5.75 Å². The van der Waals surface area contributed by atoms with E-state index in [1.165, 1.54) is 4.90 Å². The molecule has 1 spiro atoms. The van der Waals surface area contributed by atoms with Crippen molar-refractivity contribution < 1.29 is 24.2 Å². The van der Waals surface area contributed by atoms with Crippen LogP contribution < -0.4 is 4.74 Å². The normalized spacial score (nSPS) is 20.3. The van der Waals surface area contributed by atoms with Gasteiger partial charge in [0.05, 0.1) is 20.3 Å². The SMILES string of the molecule is COCCN1C(=O)N(Cc2cccc(OC)c2)C(=O)C12CCN(C(C)CCO)CC2. The van der Waals surface area contributed by atoms with E-state index in [0.29, 0.717) is 38.2 Å². The van der Waals surface area contributed by atoms with Crippen molar-refractivity contribution in [3.63, 3.8) is 0 Å². The molecule has 166 valence electrons. The number of hydrogen-bond acceptors (Lipinski definition) is 6. The Morgan fingerprint density at radius 1 is 1.20 bits per heavy atom. The van der Waals surface area contributed by atoms with E-state index in [-0.39, 0.29) is 31.1 Å². The third-order valence-electron chi connectivity index (χ3n) is 6.41. The molecule has 2 saturated heterocycles. The fourth-order valence-electron chi connectivity index (χ4n) is 4.56. The maximum atomic E-state index is 13.6. The van der Waals surface area contributed by atoms with Crippen molar-refractivity contribution in [2.45, 2.75) is 44.3 Å². The number of urea groups is 1. The second kappa shape index (κ2) is 9.76. The van der Waals surface area contributed by atoms with Crippen LogP contribution in [0.2, 0.25) is 0 Å². The van der Waals surface area contributed by atoms with E-state index in [2.05, 4.69) is 11.8 Å². The van der Waals surface area contributed by atoms with Crippen molar-refractivity contribution >= 4 is 11.9 Å². The number of carbonyl (C=O) groups is 2. The summed E-state index contributed by atoms with van der Waals surface area (Å²) in [6, 6.07) is 7.44. The summed E-state index contributed by atoms with van der Waals surface area (Å²) in [6.45, 7) is 4.68. The van der Waals surface area contributed by atoms with Crippen LogP contribution in [0.25, 0.3) is 0 Å². The fourth-order valence-corrected chi connectivity index (χ4v) is 4.56. The van der Waals surface area contributed by atoms with Crippen molar-refractivity contribution in [1.82, 2.24) is 14.7 Å². The Kier molecular flexibility index (Phi) is 7.33. The Labute approximate surface area is 178 Å². The predicted octanol–water partition coefficient (Wildman–Crippen LogP) is 1.71. The maximum Gasteiger partial charge on any atom is 0.328 e. The molecule has 1 atom stereocenters. The number of aliphatic hydroxyl groups is 1. The van der Waals surface area contributed by atoms with Crippen LogP contribution in [0.1, 0.15) is 31.7 Å². The molecule has 2 aliphatic heterocycles. The average molecular weight is 420 g/mol. The molecule has 8 nitrogen and oxygen atoms in total. The standard InChI is InChI=1S/C22H33N3O5/c1-17(7-13-26)23-10-8-22(9-11-23)20(27)24(21(28)25(22)12-14-29-2)16-18-5-4-6-19(15-18)30-3/h4-6,15,17,26H,7-14,16H2,1-3H3. The van der Waals surface area contributed by atoms with Gasteiger partial charge in [0.25, 0.3) is 5.91 Å². The molecule has 0 radical (unpaired) electrons. The van der Waals surface area contributed by atoms with E-state index in [1.807, 2.05) is 24.3 Å². The quantitative estimate of drug-likeness (QED) is 0.614. The van der Waals surface area contributed by atoms with Crippen LogP contribution in [0, 0.1) is 0 Å². The van der Waals surface area contributed by atoms with Gasteiger partial charge in [-0.3, -0.25) is 9.69 Å². The van der Waals surface area contributed by atoms with Crippen LogP contribution in [0.4, 0.5) is 4.79 Å². The molecule has 1 aromatic carbocycles. The third kappa shape index (κ3) is 4.31. The Balaban J connectivity index is 1.81. The third-order valence-corrected chi connectivity index (χ3v) is 6.41. The lowest BCUT2D eigenvalue weighted by molar-refractivity contribution is -0.136. The first-order chi connectivity index (χ1) is 14.5. The van der Waals surface area contributed by atoms with Gasteiger partial charge in [-0.25, -0.2) is 4.79 Å². The molecule has 2 heterocycles. The smallest absolute Gasteiger partial charge is 0.328 e. The van der Waals surface area contributed by atoms with Crippen molar-refractivity contribution in [3.8, 4) is 5.75 Å². The van der Waals surface area contributed by atoms with Gasteiger partial charge < -0.3 is 24.4 Å². The summed E-state index contributed by atoms with van der Waals surface area (Å²) in [4.78, 5) is 32.2. The summed E-state index contributed by atoms with van der Waals surface area (Å²) < 4.78 is 10.5. The molecule has 8 heteroatoms. The number of methoxy groups -OCH3 is 2. The number of imide groups is 1. The first-order valence-electron chi connectivity index (χ1n) is 10.6. The van der Waals surface area contributed by atoms with Crippen molar-refractivity contribution in [3.05, 3.63) is 29.8 Å². The Morgan fingerprint density at radius 3 is 2.57 bits per heavy atom. The Hall–Kier alpha value is -2.16. The van der Waals surface area contributed by atoms with Crippen LogP contribution in [0.3, 0.4) is 0 Å². The van der Waals surface area contributed by atoms with Crippen LogP contribution >= 0.6 is 0 Å². The highest BCUT2D eigenvalue weighted by Gasteiger charge is 2.57. The summed E-state index contributed by atoms with van der Waals surface area (Å²) in [5.74, 6) is 0.574. The lowest BCUT2D eigenvalue weighted by Crippen LogP contribution is -2.58. The number of amides is 3. The lowest BCUT2D eigenvalue weighted by atomic mass is 9.85. The molecule has 0 saturated carbocycles. The van der Waals surface area contributed by atoms with E-state index in [9.17, 15) is 14.7 Å². The summed E-state index contributed by atoms with van der Waals surface area (Å²) >= 11 is 0. The molecule has 1 N–H and O–H groups in total. The van der Waals surface area contributed by atoms with Gasteiger partial charge >= 0.3 is 6.03 Å². The summed E-state index contributed by atoms with van der Waals surface area (Å²) in [6.07, 6.45) is 1.88. The topological polar surface area (TPSA) is 82.6 Å². The Bertz CT molecular complexity index is 748. The molecule has 1 unspecified atom stereocenters. The van der Waals surface area contributed by atoms with Gasteiger partial charge in [0, 0.05) is 39.4 Å². The molecule has 0 aromatic heterocycles. The molecule has 0 aliphatic carbocycles. The minimum Gasteiger partial charge on any atom is -0.497 e. The molecule has 1 aromatic rings. The maximum absolute atomic E-state index is 13.6. The van der Waals surface area contributed by atoms with Crippen molar-refractivity contribution in [1.29, 1.82) is 0 Å². The molecule has 3 amide bonds. The number of carbonyl (C=O) groups excluding carboxylic acids is 2. The molecule has 3 rings (SSSR count). The molecule has 2 aliphatic rings. The van der Waals surface area contributed by atoms with E-state index in [4.69, 9.17) is 9.47 Å². The van der Waals surface area contributed by atoms with Gasteiger partial charge in [-0.15, -0.1) is 0 Å². The number of likely N-dealkylation sites (tertiary alicyclic amines) is 1. The number of aliphatic hydroxyl groups excluding tert-OH is 1. The number of ether oxygens (including phenoxy) is 2. The molecule has 0 bridgehead atoms. The second-order valence-electron chi connectivity index (χ2n) is 8.10. The zero-order valence-electron chi connectivity index (χ0n) is 18.2. The zero-order chi connectivity index (χ0) is 21.7. The molecule has 30 heavy (non-hydrogen) atoms. The van der Waals surface area contributed by atoms with Crippen molar-refractivity contribution in [2.24, 2.45) is 0 Å². The van der Waals surface area contributed by atoms with Gasteiger partial charge in [-0.1, -0.05) is 12.1 Å². The van der Waals surface area contributed by atoms with Crippen LogP contribution in [0.15, 0.2) is 24.3 Å². The number of nitrogens with zero attached hydrogens (tertiary/aromatic N) is 3. The second-order valence-corrected chi connectivity index (χ2v) is 8.10. The van der Waals surface area contributed by atoms with Gasteiger partial charge in [0.2, 0.25) is 0 Å². The molecular formula is C22H33N3O5. The first-order valence-corrected chi connectivity index (χ1v) is 10.6. The number of benzene rings is 1. The average Bonchev–Trinajstić information content (AvgIpc) is 2.94. The highest BCUT2D eigenvalue weighted by molar-refractivity contribution is 6.07. The molecular weight excluding hydrogens is 386 g/mol. The highest BCUT2D eigenvalue weighted by atomic mass is 16.5. The monoisotopic (exact) mass is 419 g/mol. The first kappa shape index (κ1) is 22.5. The van der Waals surface area contributed by atoms with Gasteiger partial charge in [0.15, 0.2) is 0 Å². The predicted molar refractivity (Wildman–Crippen MR) is 112 cm³/mol. The lowest BCUT2D eigenvalue weighted by Gasteiger charge is -2.44. The fraction of sp³-hybridized carbons (Fsp3) is 0.636. The van der Waals surface area contributed by atoms with Gasteiger partial charge in [-0.05, 0) is 43.9 Å². The summed E-state index contributed by atoms with van der Waals surface area (Å²) in [5, 5.41) is 9.24. The van der Waals surface area contributed by atoms with E-state index in [1.54, 1.807) is 19.1 Å². The minimum absolute atomic E-state index is 0.124. The van der Waals surface area contributed by atoms with Crippen LogP contribution in [-0.2, 0) is 16.1 Å². The largest absolute Gasteiger partial charge is 0.497 e. The highest BCUT2D eigenvalue weighted by Crippen LogP contribution is 2.38. The number of piperidine rings is 1. The van der Waals surface area contributed by atoms with E-state index < -0.39 is 5.54 Å². The Morgan fingerprint density at radius 2 is 1.93 bits per heavy atom. The van der Waals surface area contributed by atoms with Gasteiger partial charge in [-0.2, -0.15) is 0 Å². The van der Waals surface area contributed by atoms with Crippen LogP contribution in [-0.4, -0.2) is 90.4 Å². The van der Waals surface area contributed by atoms with E-state index in [0.717, 1.165) is 18.7 Å². The summed E-state index contributed by atoms with van der Waals surface area (Å²) in [7, 11) is 3.19. The summed E-state index contributed by atoms with van der Waals surface area (Å²) in [5.41, 5.74) is 0.0398. The number of rotatable bonds is 9.